The molecule has 0 saturated carbocycles. The third-order valence-corrected chi connectivity index (χ3v) is 1.58. The summed E-state index contributed by atoms with van der Waals surface area (Å²) in [6.07, 6.45) is 0. The lowest BCUT2D eigenvalue weighted by atomic mass is 9.83. The Hall–Kier alpha value is -1.06. The van der Waals surface area contributed by atoms with Gasteiger partial charge in [-0.3, -0.25) is 9.59 Å². The van der Waals surface area contributed by atoms with Crippen LogP contribution in [-0.2, 0) is 9.59 Å². The molecule has 1 rings (SSSR count). The molecule has 4 nitrogen and oxygen atoms in total. The van der Waals surface area contributed by atoms with E-state index in [1.165, 1.54) is 6.92 Å². The maximum atomic E-state index is 10.5. The minimum absolute atomic E-state index is 0.251. The second-order valence-corrected chi connectivity index (χ2v) is 2.32. The number of hydrogen-bond acceptors (Lipinski definition) is 2. The van der Waals surface area contributed by atoms with Crippen molar-refractivity contribution in [3.05, 3.63) is 0 Å². The van der Waals surface area contributed by atoms with Crippen LogP contribution in [0.1, 0.15) is 6.92 Å². The van der Waals surface area contributed by atoms with Gasteiger partial charge in [-0.25, -0.2) is 0 Å². The first-order chi connectivity index (χ1) is 4.07. The summed E-state index contributed by atoms with van der Waals surface area (Å²) in [6, 6.07) is 0. The van der Waals surface area contributed by atoms with E-state index >= 15 is 0 Å². The number of carboxylic acids is 1. The van der Waals surface area contributed by atoms with Crippen molar-refractivity contribution in [3.8, 4) is 0 Å². The van der Waals surface area contributed by atoms with Gasteiger partial charge in [0.1, 0.15) is 0 Å². The molecule has 4 heteroatoms. The van der Waals surface area contributed by atoms with Crippen molar-refractivity contribution in [3.63, 3.8) is 0 Å². The Morgan fingerprint density at radius 3 is 2.44 bits per heavy atom. The second-order valence-electron chi connectivity index (χ2n) is 2.32. The van der Waals surface area contributed by atoms with Gasteiger partial charge in [0.2, 0.25) is 5.91 Å². The smallest absolute Gasteiger partial charge is 0.320 e. The van der Waals surface area contributed by atoms with Crippen LogP contribution >= 0.6 is 0 Å². The van der Waals surface area contributed by atoms with Gasteiger partial charge in [-0.2, -0.15) is 0 Å². The Kier molecular flexibility index (Phi) is 0.986. The van der Waals surface area contributed by atoms with Gasteiger partial charge in [0, 0.05) is 6.54 Å². The summed E-state index contributed by atoms with van der Waals surface area (Å²) in [7, 11) is 0. The van der Waals surface area contributed by atoms with Crippen LogP contribution in [0.4, 0.5) is 0 Å². The molecule has 1 saturated heterocycles. The summed E-state index contributed by atoms with van der Waals surface area (Å²) < 4.78 is 0. The summed E-state index contributed by atoms with van der Waals surface area (Å²) in [5, 5.41) is 10.8. The highest BCUT2D eigenvalue weighted by Crippen LogP contribution is 2.22. The number of amides is 1. The van der Waals surface area contributed by atoms with E-state index in [9.17, 15) is 9.59 Å². The van der Waals surface area contributed by atoms with Gasteiger partial charge in [-0.1, -0.05) is 0 Å². The Morgan fingerprint density at radius 2 is 2.44 bits per heavy atom. The van der Waals surface area contributed by atoms with Crippen molar-refractivity contribution in [2.75, 3.05) is 6.54 Å². The van der Waals surface area contributed by atoms with E-state index in [2.05, 4.69) is 5.32 Å². The standard InChI is InChI=1S/C5H7NO3/c1-5(4(8)9)2-6-3(5)7/h2H2,1H3,(H,6,7)(H,8,9). The molecule has 1 aliphatic heterocycles. The van der Waals surface area contributed by atoms with Gasteiger partial charge in [0.15, 0.2) is 5.41 Å². The van der Waals surface area contributed by atoms with E-state index in [4.69, 9.17) is 5.11 Å². The second kappa shape index (κ2) is 1.46. The molecule has 0 aromatic heterocycles. The van der Waals surface area contributed by atoms with Gasteiger partial charge < -0.3 is 10.4 Å². The van der Waals surface area contributed by atoms with Crippen molar-refractivity contribution >= 4 is 11.9 Å². The van der Waals surface area contributed by atoms with E-state index in [0.717, 1.165) is 0 Å². The molecule has 0 bridgehead atoms. The Bertz CT molecular complexity index is 167. The Balaban J connectivity index is 2.76. The molecule has 0 aromatic rings. The predicted octanol–water partition coefficient (Wildman–Crippen LogP) is -0.793. The van der Waals surface area contributed by atoms with Crippen molar-refractivity contribution in [2.45, 2.75) is 6.92 Å². The Labute approximate surface area is 51.9 Å². The van der Waals surface area contributed by atoms with E-state index in [1.54, 1.807) is 0 Å². The highest BCUT2D eigenvalue weighted by Gasteiger charge is 2.48. The summed E-state index contributed by atoms with van der Waals surface area (Å²) in [6.45, 7) is 1.66. The molecular formula is C5H7NO3. The van der Waals surface area contributed by atoms with Gasteiger partial charge >= 0.3 is 5.97 Å². The maximum Gasteiger partial charge on any atom is 0.320 e. The van der Waals surface area contributed by atoms with Crippen LogP contribution in [-0.4, -0.2) is 23.5 Å². The largest absolute Gasteiger partial charge is 0.480 e. The van der Waals surface area contributed by atoms with Crippen LogP contribution in [0.5, 0.6) is 0 Å². The Morgan fingerprint density at radius 1 is 1.89 bits per heavy atom. The molecule has 1 aliphatic rings. The van der Waals surface area contributed by atoms with E-state index in [-0.39, 0.29) is 6.54 Å². The molecule has 1 amide bonds. The van der Waals surface area contributed by atoms with Crippen LogP contribution in [0.3, 0.4) is 0 Å². The number of carbonyl (C=O) groups is 2. The van der Waals surface area contributed by atoms with E-state index < -0.39 is 17.3 Å². The number of carboxylic acid groups (broad SMARTS) is 1. The molecule has 2 N–H and O–H groups in total. The zero-order valence-electron chi connectivity index (χ0n) is 4.97. The number of nitrogens with one attached hydrogen (secondary N) is 1. The van der Waals surface area contributed by atoms with Crippen molar-refractivity contribution in [1.82, 2.24) is 5.32 Å². The van der Waals surface area contributed by atoms with Crippen LogP contribution < -0.4 is 5.32 Å². The zero-order chi connectivity index (χ0) is 7.07. The van der Waals surface area contributed by atoms with Gasteiger partial charge in [-0.15, -0.1) is 0 Å². The normalized spacial score (nSPS) is 32.8. The molecule has 1 heterocycles. The van der Waals surface area contributed by atoms with Crippen molar-refractivity contribution in [2.24, 2.45) is 5.41 Å². The summed E-state index contributed by atoms with van der Waals surface area (Å²) in [5.41, 5.74) is -1.15. The first kappa shape index (κ1) is 6.07. The lowest BCUT2D eigenvalue weighted by Gasteiger charge is -2.32. The number of β-lactam (4-membered cyclic amide) rings is 1. The molecule has 0 radical (unpaired) electrons. The van der Waals surface area contributed by atoms with Gasteiger partial charge in [0.25, 0.3) is 0 Å². The van der Waals surface area contributed by atoms with Crippen molar-refractivity contribution < 1.29 is 14.7 Å². The fourth-order valence-corrected chi connectivity index (χ4v) is 0.598. The summed E-state index contributed by atoms with van der Waals surface area (Å²) in [4.78, 5) is 20.8. The molecule has 0 spiro atoms. The number of carbonyl (C=O) groups excluding carboxylic acids is 1. The molecular weight excluding hydrogens is 122 g/mol. The minimum atomic E-state index is -1.15. The minimum Gasteiger partial charge on any atom is -0.480 e. The SMILES string of the molecule is CC1(C(=O)O)CNC1=O. The van der Waals surface area contributed by atoms with Crippen molar-refractivity contribution in [1.29, 1.82) is 0 Å². The van der Waals surface area contributed by atoms with E-state index in [1.807, 2.05) is 0 Å². The summed E-state index contributed by atoms with van der Waals surface area (Å²) in [5.74, 6) is -1.44. The van der Waals surface area contributed by atoms with Crippen LogP contribution in [0.25, 0.3) is 0 Å². The third kappa shape index (κ3) is 0.590. The molecule has 9 heavy (non-hydrogen) atoms. The lowest BCUT2D eigenvalue weighted by Crippen LogP contribution is -2.61. The van der Waals surface area contributed by atoms with Crippen LogP contribution in [0.2, 0.25) is 0 Å². The molecule has 0 aliphatic carbocycles. The third-order valence-electron chi connectivity index (χ3n) is 1.58. The molecule has 50 valence electrons. The van der Waals surface area contributed by atoms with Gasteiger partial charge in [0.05, 0.1) is 0 Å². The number of aliphatic carboxylic acids is 1. The highest BCUT2D eigenvalue weighted by atomic mass is 16.4. The number of hydrogen-bond donors (Lipinski definition) is 2. The molecule has 0 aromatic carbocycles. The number of rotatable bonds is 1. The highest BCUT2D eigenvalue weighted by molar-refractivity contribution is 6.06. The maximum absolute atomic E-state index is 10.5. The monoisotopic (exact) mass is 129 g/mol. The molecule has 1 fully saturated rings. The average molecular weight is 129 g/mol. The molecule has 1 unspecified atom stereocenters. The predicted molar refractivity (Wildman–Crippen MR) is 28.8 cm³/mol. The zero-order valence-corrected chi connectivity index (χ0v) is 4.97. The first-order valence-corrected chi connectivity index (χ1v) is 2.59. The van der Waals surface area contributed by atoms with Crippen LogP contribution in [0.15, 0.2) is 0 Å². The fraction of sp³-hybridized carbons (Fsp3) is 0.600. The van der Waals surface area contributed by atoms with Gasteiger partial charge in [-0.05, 0) is 6.92 Å². The lowest BCUT2D eigenvalue weighted by molar-refractivity contribution is -0.160. The first-order valence-electron chi connectivity index (χ1n) is 2.59. The van der Waals surface area contributed by atoms with E-state index in [0.29, 0.717) is 0 Å². The quantitative estimate of drug-likeness (QED) is 0.360. The van der Waals surface area contributed by atoms with Crippen LogP contribution in [0, 0.1) is 5.41 Å². The molecule has 1 atom stereocenters. The fourth-order valence-electron chi connectivity index (χ4n) is 0.598. The summed E-state index contributed by atoms with van der Waals surface area (Å²) >= 11 is 0. The topological polar surface area (TPSA) is 66.4 Å². The average Bonchev–Trinajstić information content (AvgIpc) is 1.82.